The van der Waals surface area contributed by atoms with Crippen molar-refractivity contribution in [3.8, 4) is 11.5 Å². The van der Waals surface area contributed by atoms with Crippen LogP contribution in [0.5, 0.6) is 11.5 Å². The summed E-state index contributed by atoms with van der Waals surface area (Å²) in [7, 11) is 3.10. The lowest BCUT2D eigenvalue weighted by Crippen LogP contribution is -2.54. The smallest absolute Gasteiger partial charge is 0.317 e. The zero-order valence-electron chi connectivity index (χ0n) is 18.2. The number of carbonyl (C=O) groups is 2. The fourth-order valence-corrected chi connectivity index (χ4v) is 4.17. The van der Waals surface area contributed by atoms with E-state index in [1.54, 1.807) is 60.4 Å². The Hall–Kier alpha value is -3.49. The number of carbonyl (C=O) groups excluding carboxylic acids is 2. The molecular weight excluding hydrogens is 415 g/mol. The minimum absolute atomic E-state index is 0.0631. The summed E-state index contributed by atoms with van der Waals surface area (Å²) in [6.07, 6.45) is 0.231. The summed E-state index contributed by atoms with van der Waals surface area (Å²) in [6, 6.07) is 11.5. The van der Waals surface area contributed by atoms with Crippen LogP contribution in [0.4, 0.5) is 20.6 Å². The van der Waals surface area contributed by atoms with Crippen molar-refractivity contribution in [3.05, 3.63) is 48.3 Å². The average Bonchev–Trinajstić information content (AvgIpc) is 3.18. The van der Waals surface area contributed by atoms with Crippen molar-refractivity contribution in [2.24, 2.45) is 0 Å². The fourth-order valence-electron chi connectivity index (χ4n) is 4.17. The quantitative estimate of drug-likeness (QED) is 0.770. The standard InChI is InChI=1S/C23H27FN4O4/c1-31-20-8-7-17(14-21(20)32-2)28-15-16(13-22(28)29)25-23(30)27-11-9-26(10-12-27)19-6-4-3-5-18(19)24/h3-8,14,16H,9-13,15H2,1-2H3,(H,25,30)/t16-/m1/s1. The molecule has 0 aliphatic carbocycles. The highest BCUT2D eigenvalue weighted by molar-refractivity contribution is 5.97. The van der Waals surface area contributed by atoms with Crippen LogP contribution in [0.1, 0.15) is 6.42 Å². The fraction of sp³-hybridized carbons (Fsp3) is 0.391. The van der Waals surface area contributed by atoms with Gasteiger partial charge in [-0.25, -0.2) is 9.18 Å². The van der Waals surface area contributed by atoms with Gasteiger partial charge in [0.2, 0.25) is 5.91 Å². The van der Waals surface area contributed by atoms with Crippen LogP contribution in [0.2, 0.25) is 0 Å². The molecule has 2 aromatic carbocycles. The summed E-state index contributed by atoms with van der Waals surface area (Å²) in [6.45, 7) is 2.46. The van der Waals surface area contributed by atoms with E-state index in [4.69, 9.17) is 9.47 Å². The second kappa shape index (κ2) is 9.33. The van der Waals surface area contributed by atoms with Crippen LogP contribution in [-0.4, -0.2) is 69.8 Å². The maximum Gasteiger partial charge on any atom is 0.317 e. The number of anilines is 2. The zero-order chi connectivity index (χ0) is 22.7. The minimum Gasteiger partial charge on any atom is -0.493 e. The lowest BCUT2D eigenvalue weighted by molar-refractivity contribution is -0.117. The van der Waals surface area contributed by atoms with Gasteiger partial charge in [-0.05, 0) is 24.3 Å². The summed E-state index contributed by atoms with van der Waals surface area (Å²) in [5.41, 5.74) is 1.25. The molecule has 170 valence electrons. The van der Waals surface area contributed by atoms with Crippen molar-refractivity contribution >= 4 is 23.3 Å². The van der Waals surface area contributed by atoms with Crippen LogP contribution in [0.15, 0.2) is 42.5 Å². The van der Waals surface area contributed by atoms with Crippen molar-refractivity contribution < 1.29 is 23.5 Å². The van der Waals surface area contributed by atoms with Crippen molar-refractivity contribution in [2.45, 2.75) is 12.5 Å². The maximum absolute atomic E-state index is 14.0. The molecule has 2 aliphatic rings. The number of amides is 3. The Labute approximate surface area is 186 Å². The third kappa shape index (κ3) is 4.42. The number of nitrogens with zero attached hydrogens (tertiary/aromatic N) is 3. The molecule has 32 heavy (non-hydrogen) atoms. The molecule has 2 fully saturated rings. The molecule has 0 bridgehead atoms. The first-order valence-electron chi connectivity index (χ1n) is 10.6. The summed E-state index contributed by atoms with van der Waals surface area (Å²) >= 11 is 0. The summed E-state index contributed by atoms with van der Waals surface area (Å²) in [5.74, 6) is 0.803. The largest absolute Gasteiger partial charge is 0.493 e. The predicted molar refractivity (Wildman–Crippen MR) is 119 cm³/mol. The van der Waals surface area contributed by atoms with Gasteiger partial charge in [0.15, 0.2) is 11.5 Å². The van der Waals surface area contributed by atoms with E-state index in [9.17, 15) is 14.0 Å². The molecule has 4 rings (SSSR count). The van der Waals surface area contributed by atoms with Crippen LogP contribution in [0, 0.1) is 5.82 Å². The molecule has 0 aromatic heterocycles. The highest BCUT2D eigenvalue weighted by Crippen LogP contribution is 2.33. The van der Waals surface area contributed by atoms with Crippen LogP contribution >= 0.6 is 0 Å². The van der Waals surface area contributed by atoms with Gasteiger partial charge in [-0.15, -0.1) is 0 Å². The Morgan fingerprint density at radius 2 is 1.75 bits per heavy atom. The van der Waals surface area contributed by atoms with Crippen LogP contribution in [0.3, 0.4) is 0 Å². The second-order valence-corrected chi connectivity index (χ2v) is 7.82. The van der Waals surface area contributed by atoms with Crippen molar-refractivity contribution in [2.75, 3.05) is 56.7 Å². The highest BCUT2D eigenvalue weighted by atomic mass is 19.1. The molecule has 1 N–H and O–H groups in total. The number of hydrogen-bond donors (Lipinski definition) is 1. The summed E-state index contributed by atoms with van der Waals surface area (Å²) in [4.78, 5) is 30.6. The van der Waals surface area contributed by atoms with E-state index in [-0.39, 0.29) is 30.2 Å². The van der Waals surface area contributed by atoms with Gasteiger partial charge in [-0.3, -0.25) is 4.79 Å². The van der Waals surface area contributed by atoms with Gasteiger partial charge in [0.05, 0.1) is 25.9 Å². The molecule has 2 aliphatic heterocycles. The number of halogens is 1. The van der Waals surface area contributed by atoms with Gasteiger partial charge in [-0.2, -0.15) is 0 Å². The molecular formula is C23H27FN4O4. The molecule has 0 saturated carbocycles. The summed E-state index contributed by atoms with van der Waals surface area (Å²) < 4.78 is 24.6. The Balaban J connectivity index is 1.33. The number of para-hydroxylation sites is 1. The number of piperazine rings is 1. The lowest BCUT2D eigenvalue weighted by atomic mass is 10.2. The molecule has 2 aromatic rings. The number of benzene rings is 2. The van der Waals surface area contributed by atoms with E-state index in [1.807, 2.05) is 4.90 Å². The molecule has 0 spiro atoms. The van der Waals surface area contributed by atoms with Gasteiger partial charge in [0.25, 0.3) is 0 Å². The van der Waals surface area contributed by atoms with E-state index >= 15 is 0 Å². The van der Waals surface area contributed by atoms with Crippen LogP contribution < -0.4 is 24.6 Å². The van der Waals surface area contributed by atoms with Crippen molar-refractivity contribution in [1.29, 1.82) is 0 Å². The number of urea groups is 1. The van der Waals surface area contributed by atoms with Gasteiger partial charge in [0.1, 0.15) is 5.82 Å². The number of hydrogen-bond acceptors (Lipinski definition) is 5. The SMILES string of the molecule is COc1ccc(N2C[C@H](NC(=O)N3CCN(c4ccccc4F)CC3)CC2=O)cc1OC. The molecule has 8 nitrogen and oxygen atoms in total. The first-order valence-corrected chi connectivity index (χ1v) is 10.6. The predicted octanol–water partition coefficient (Wildman–Crippen LogP) is 2.48. The van der Waals surface area contributed by atoms with Gasteiger partial charge in [0, 0.05) is 50.9 Å². The molecule has 0 radical (unpaired) electrons. The van der Waals surface area contributed by atoms with E-state index in [0.717, 1.165) is 0 Å². The van der Waals surface area contributed by atoms with Crippen molar-refractivity contribution in [1.82, 2.24) is 10.2 Å². The van der Waals surface area contributed by atoms with E-state index in [1.165, 1.54) is 6.07 Å². The molecule has 1 atom stereocenters. The number of ether oxygens (including phenoxy) is 2. The molecule has 3 amide bonds. The molecule has 2 saturated heterocycles. The first kappa shape index (κ1) is 21.7. The van der Waals surface area contributed by atoms with Crippen LogP contribution in [-0.2, 0) is 4.79 Å². The van der Waals surface area contributed by atoms with Crippen LogP contribution in [0.25, 0.3) is 0 Å². The Morgan fingerprint density at radius 1 is 1.03 bits per heavy atom. The Kier molecular flexibility index (Phi) is 6.34. The van der Waals surface area contributed by atoms with E-state index < -0.39 is 0 Å². The third-order valence-corrected chi connectivity index (χ3v) is 5.89. The Bertz CT molecular complexity index is 994. The van der Waals surface area contributed by atoms with Gasteiger partial charge in [-0.1, -0.05) is 12.1 Å². The van der Waals surface area contributed by atoms with Gasteiger partial charge < -0.3 is 29.5 Å². The van der Waals surface area contributed by atoms with Gasteiger partial charge >= 0.3 is 6.03 Å². The van der Waals surface area contributed by atoms with Crippen molar-refractivity contribution in [3.63, 3.8) is 0 Å². The number of rotatable bonds is 5. The first-order chi connectivity index (χ1) is 15.5. The number of methoxy groups -OCH3 is 2. The Morgan fingerprint density at radius 3 is 2.44 bits per heavy atom. The second-order valence-electron chi connectivity index (χ2n) is 7.82. The van der Waals surface area contributed by atoms with E-state index in [0.29, 0.717) is 55.6 Å². The molecule has 0 unspecified atom stereocenters. The van der Waals surface area contributed by atoms with E-state index in [2.05, 4.69) is 5.32 Å². The minimum atomic E-state index is -0.285. The maximum atomic E-state index is 14.0. The zero-order valence-corrected chi connectivity index (χ0v) is 18.2. The average molecular weight is 442 g/mol. The highest BCUT2D eigenvalue weighted by Gasteiger charge is 2.33. The monoisotopic (exact) mass is 442 g/mol. The number of nitrogens with one attached hydrogen (secondary N) is 1. The lowest BCUT2D eigenvalue weighted by Gasteiger charge is -2.36. The molecule has 9 heteroatoms. The topological polar surface area (TPSA) is 74.4 Å². The normalized spacial score (nSPS) is 18.7. The molecule has 2 heterocycles. The summed E-state index contributed by atoms with van der Waals surface area (Å²) in [5, 5.41) is 2.97. The third-order valence-electron chi connectivity index (χ3n) is 5.89.